The van der Waals surface area contributed by atoms with Crippen LogP contribution in [0.25, 0.3) is 0 Å². The van der Waals surface area contributed by atoms with E-state index in [1.54, 1.807) is 19.1 Å². The van der Waals surface area contributed by atoms with E-state index in [0.29, 0.717) is 22.4 Å². The summed E-state index contributed by atoms with van der Waals surface area (Å²) in [6, 6.07) is 3.23. The van der Waals surface area contributed by atoms with Crippen molar-refractivity contribution >= 4 is 21.9 Å². The van der Waals surface area contributed by atoms with Crippen molar-refractivity contribution in [2.75, 3.05) is 13.2 Å². The summed E-state index contributed by atoms with van der Waals surface area (Å²) in [7, 11) is 0. The maximum absolute atomic E-state index is 10.3. The summed E-state index contributed by atoms with van der Waals surface area (Å²) in [6.07, 6.45) is 0. The van der Waals surface area contributed by atoms with Crippen LogP contribution in [0.2, 0.25) is 0 Å². The van der Waals surface area contributed by atoms with Crippen LogP contribution in [0.5, 0.6) is 11.5 Å². The number of aliphatic hydroxyl groups is 1. The molecule has 1 aromatic carbocycles. The van der Waals surface area contributed by atoms with E-state index in [9.17, 15) is 9.90 Å². The molecule has 0 saturated heterocycles. The number of ether oxygens (including phenoxy) is 2. The summed E-state index contributed by atoms with van der Waals surface area (Å²) in [4.78, 5) is 10.3. The minimum atomic E-state index is -1.31. The van der Waals surface area contributed by atoms with Crippen LogP contribution in [0.3, 0.4) is 0 Å². The average Bonchev–Trinajstić information content (AvgIpc) is 2.27. The highest BCUT2D eigenvalue weighted by atomic mass is 79.9. The molecule has 0 aromatic heterocycles. The number of carboxylic acid groups (broad SMARTS) is 1. The van der Waals surface area contributed by atoms with Crippen LogP contribution >= 0.6 is 15.9 Å². The molecule has 6 heteroatoms. The fourth-order valence-electron chi connectivity index (χ4n) is 1.25. The van der Waals surface area contributed by atoms with E-state index in [-0.39, 0.29) is 12.4 Å². The zero-order valence-corrected chi connectivity index (χ0v) is 10.8. The second-order valence-electron chi connectivity index (χ2n) is 3.16. The van der Waals surface area contributed by atoms with Crippen LogP contribution < -0.4 is 14.6 Å². The zero-order chi connectivity index (χ0) is 12.8. The molecule has 0 aliphatic heterocycles. The minimum absolute atomic E-state index is 0.139. The number of carbonyl (C=O) groups is 1. The molecule has 1 N–H and O–H groups in total. The standard InChI is InChI=1S/C11H13BrO5/c1-2-16-9-4-7(5-13)3-8(12)11(9)17-6-10(14)15/h3-4,13H,2,5-6H2,1H3,(H,14,15)/p-1. The molecule has 0 unspecified atom stereocenters. The molecule has 0 aliphatic rings. The maximum Gasteiger partial charge on any atom is 0.175 e. The zero-order valence-electron chi connectivity index (χ0n) is 9.23. The molecule has 0 bridgehead atoms. The van der Waals surface area contributed by atoms with Crippen LogP contribution in [0.15, 0.2) is 16.6 Å². The Morgan fingerprint density at radius 1 is 1.47 bits per heavy atom. The molecule has 0 amide bonds. The largest absolute Gasteiger partial charge is 0.546 e. The molecule has 0 fully saturated rings. The number of hydrogen-bond acceptors (Lipinski definition) is 5. The number of hydrogen-bond donors (Lipinski definition) is 1. The highest BCUT2D eigenvalue weighted by Gasteiger charge is 2.12. The number of benzene rings is 1. The lowest BCUT2D eigenvalue weighted by Crippen LogP contribution is -2.29. The van der Waals surface area contributed by atoms with E-state index in [2.05, 4.69) is 15.9 Å². The summed E-state index contributed by atoms with van der Waals surface area (Å²) in [5.41, 5.74) is 0.640. The molecule has 0 saturated carbocycles. The van der Waals surface area contributed by atoms with Gasteiger partial charge in [0, 0.05) is 0 Å². The van der Waals surface area contributed by atoms with Gasteiger partial charge in [0.2, 0.25) is 0 Å². The van der Waals surface area contributed by atoms with Gasteiger partial charge < -0.3 is 24.5 Å². The fourth-order valence-corrected chi connectivity index (χ4v) is 1.85. The molecular weight excluding hydrogens is 292 g/mol. The van der Waals surface area contributed by atoms with Crippen molar-refractivity contribution in [3.8, 4) is 11.5 Å². The molecule has 0 spiro atoms. The van der Waals surface area contributed by atoms with Crippen LogP contribution in [0, 0.1) is 0 Å². The summed E-state index contributed by atoms with van der Waals surface area (Å²) in [6.45, 7) is 1.50. The number of carboxylic acids is 1. The van der Waals surface area contributed by atoms with Crippen LogP contribution in [0.4, 0.5) is 0 Å². The number of carbonyl (C=O) groups excluding carboxylic acids is 1. The number of aliphatic hydroxyl groups excluding tert-OH is 1. The van der Waals surface area contributed by atoms with Gasteiger partial charge in [0.25, 0.3) is 0 Å². The van der Waals surface area contributed by atoms with Crippen molar-refractivity contribution in [3.05, 3.63) is 22.2 Å². The van der Waals surface area contributed by atoms with E-state index in [0.717, 1.165) is 0 Å². The maximum atomic E-state index is 10.3. The van der Waals surface area contributed by atoms with Crippen LogP contribution in [0.1, 0.15) is 12.5 Å². The Kier molecular flexibility index (Phi) is 5.24. The van der Waals surface area contributed by atoms with Crippen LogP contribution in [-0.2, 0) is 11.4 Å². The lowest BCUT2D eigenvalue weighted by molar-refractivity contribution is -0.307. The minimum Gasteiger partial charge on any atom is -0.546 e. The van der Waals surface area contributed by atoms with Gasteiger partial charge in [-0.05, 0) is 40.5 Å². The van der Waals surface area contributed by atoms with Crippen molar-refractivity contribution in [2.24, 2.45) is 0 Å². The van der Waals surface area contributed by atoms with Crippen molar-refractivity contribution in [1.29, 1.82) is 0 Å². The van der Waals surface area contributed by atoms with Crippen molar-refractivity contribution < 1.29 is 24.5 Å². The quantitative estimate of drug-likeness (QED) is 0.826. The van der Waals surface area contributed by atoms with E-state index in [1.807, 2.05) is 0 Å². The second-order valence-corrected chi connectivity index (χ2v) is 4.01. The molecule has 94 valence electrons. The summed E-state index contributed by atoms with van der Waals surface area (Å²) >= 11 is 3.23. The van der Waals surface area contributed by atoms with Gasteiger partial charge in [0.1, 0.15) is 6.61 Å². The third kappa shape index (κ3) is 3.90. The molecule has 1 aromatic rings. The molecule has 0 heterocycles. The molecular formula is C11H12BrO5-. The first kappa shape index (κ1) is 13.8. The number of halogens is 1. The van der Waals surface area contributed by atoms with Gasteiger partial charge in [0.15, 0.2) is 11.5 Å². The predicted molar refractivity (Wildman–Crippen MR) is 61.7 cm³/mol. The smallest absolute Gasteiger partial charge is 0.175 e. The average molecular weight is 304 g/mol. The third-order valence-electron chi connectivity index (χ3n) is 1.89. The predicted octanol–water partition coefficient (Wildman–Crippen LogP) is 0.469. The molecule has 17 heavy (non-hydrogen) atoms. The first-order chi connectivity index (χ1) is 8.08. The Labute approximate surface area is 107 Å². The van der Waals surface area contributed by atoms with Gasteiger partial charge in [-0.15, -0.1) is 0 Å². The number of rotatable bonds is 6. The monoisotopic (exact) mass is 303 g/mol. The Morgan fingerprint density at radius 2 is 2.18 bits per heavy atom. The van der Waals surface area contributed by atoms with Gasteiger partial charge >= 0.3 is 0 Å². The molecule has 5 nitrogen and oxygen atoms in total. The molecule has 1 rings (SSSR count). The topological polar surface area (TPSA) is 78.8 Å². The molecule has 0 atom stereocenters. The first-order valence-electron chi connectivity index (χ1n) is 4.97. The molecule has 0 aliphatic carbocycles. The Balaban J connectivity index is 3.02. The van der Waals surface area contributed by atoms with E-state index in [4.69, 9.17) is 14.6 Å². The number of aliphatic carboxylic acids is 1. The Hall–Kier alpha value is -1.27. The van der Waals surface area contributed by atoms with Gasteiger partial charge in [-0.2, -0.15) is 0 Å². The summed E-state index contributed by atoms with van der Waals surface area (Å²) < 4.78 is 10.9. The summed E-state index contributed by atoms with van der Waals surface area (Å²) in [5, 5.41) is 19.4. The van der Waals surface area contributed by atoms with E-state index >= 15 is 0 Å². The van der Waals surface area contributed by atoms with Gasteiger partial charge in [-0.1, -0.05) is 0 Å². The van der Waals surface area contributed by atoms with E-state index in [1.165, 1.54) is 0 Å². The SMILES string of the molecule is CCOc1cc(CO)cc(Br)c1OCC(=O)[O-]. The lowest BCUT2D eigenvalue weighted by Gasteiger charge is -2.15. The Morgan fingerprint density at radius 3 is 2.71 bits per heavy atom. The van der Waals surface area contributed by atoms with Gasteiger partial charge in [0.05, 0.1) is 23.7 Å². The van der Waals surface area contributed by atoms with Gasteiger partial charge in [-0.25, -0.2) is 0 Å². The van der Waals surface area contributed by atoms with E-state index < -0.39 is 12.6 Å². The highest BCUT2D eigenvalue weighted by molar-refractivity contribution is 9.10. The van der Waals surface area contributed by atoms with Gasteiger partial charge in [-0.3, -0.25) is 0 Å². The van der Waals surface area contributed by atoms with Crippen molar-refractivity contribution in [1.82, 2.24) is 0 Å². The van der Waals surface area contributed by atoms with Crippen molar-refractivity contribution in [3.63, 3.8) is 0 Å². The Bertz CT molecular complexity index is 405. The third-order valence-corrected chi connectivity index (χ3v) is 2.48. The second kappa shape index (κ2) is 6.46. The normalized spacial score (nSPS) is 10.1. The lowest BCUT2D eigenvalue weighted by atomic mass is 10.2. The molecule has 0 radical (unpaired) electrons. The highest BCUT2D eigenvalue weighted by Crippen LogP contribution is 2.36. The summed E-state index contributed by atoms with van der Waals surface area (Å²) in [5.74, 6) is -0.647. The van der Waals surface area contributed by atoms with Crippen molar-refractivity contribution in [2.45, 2.75) is 13.5 Å². The fraction of sp³-hybridized carbons (Fsp3) is 0.364. The first-order valence-corrected chi connectivity index (χ1v) is 5.76. The van der Waals surface area contributed by atoms with Crippen LogP contribution in [-0.4, -0.2) is 24.3 Å².